The largest absolute Gasteiger partial charge is 0.371 e. The van der Waals surface area contributed by atoms with E-state index in [9.17, 15) is 9.59 Å². The number of benzene rings is 1. The molecule has 20 heavy (non-hydrogen) atoms. The summed E-state index contributed by atoms with van der Waals surface area (Å²) in [4.78, 5) is 25.8. The van der Waals surface area contributed by atoms with Gasteiger partial charge in [0.2, 0.25) is 11.8 Å². The van der Waals surface area contributed by atoms with E-state index in [4.69, 9.17) is 0 Å². The van der Waals surface area contributed by atoms with Crippen molar-refractivity contribution in [3.8, 4) is 0 Å². The van der Waals surface area contributed by atoms with Crippen LogP contribution in [-0.4, -0.2) is 24.9 Å². The Labute approximate surface area is 119 Å². The van der Waals surface area contributed by atoms with Gasteiger partial charge in [-0.3, -0.25) is 14.9 Å². The molecule has 0 saturated carbocycles. The standard InChI is InChI=1S/C16H20N2O2/c19-15-9-8-13(16(20)17-15)12-6-2-3-7-14(12)18-10-4-1-5-11-18/h2-3,6-7,13H,1,4-5,8-11H2,(H,17,19,20). The Kier molecular flexibility index (Phi) is 3.72. The van der Waals surface area contributed by atoms with E-state index < -0.39 is 0 Å². The first-order valence-corrected chi connectivity index (χ1v) is 7.43. The zero-order valence-corrected chi connectivity index (χ0v) is 11.6. The van der Waals surface area contributed by atoms with Crippen LogP contribution in [-0.2, 0) is 9.59 Å². The number of carbonyl (C=O) groups excluding carboxylic acids is 2. The van der Waals surface area contributed by atoms with Crippen molar-refractivity contribution >= 4 is 17.5 Å². The average Bonchev–Trinajstić information content (AvgIpc) is 2.48. The minimum absolute atomic E-state index is 0.147. The van der Waals surface area contributed by atoms with Crippen LogP contribution >= 0.6 is 0 Å². The van der Waals surface area contributed by atoms with Crippen LogP contribution in [0.5, 0.6) is 0 Å². The summed E-state index contributed by atoms with van der Waals surface area (Å²) in [6.07, 6.45) is 4.77. The van der Waals surface area contributed by atoms with E-state index in [1.54, 1.807) is 0 Å². The molecule has 0 bridgehead atoms. The van der Waals surface area contributed by atoms with E-state index in [0.717, 1.165) is 18.7 Å². The van der Waals surface area contributed by atoms with E-state index in [-0.39, 0.29) is 17.7 Å². The first-order valence-electron chi connectivity index (χ1n) is 7.43. The number of hydrogen-bond acceptors (Lipinski definition) is 3. The third-order valence-electron chi connectivity index (χ3n) is 4.25. The molecule has 0 aliphatic carbocycles. The lowest BCUT2D eigenvalue weighted by atomic mass is 9.88. The van der Waals surface area contributed by atoms with Gasteiger partial charge in [-0.1, -0.05) is 18.2 Å². The molecular weight excluding hydrogens is 252 g/mol. The zero-order chi connectivity index (χ0) is 13.9. The summed E-state index contributed by atoms with van der Waals surface area (Å²) in [6, 6.07) is 8.14. The second-order valence-electron chi connectivity index (χ2n) is 5.61. The minimum Gasteiger partial charge on any atom is -0.371 e. The predicted octanol–water partition coefficient (Wildman–Crippen LogP) is 2.20. The molecule has 1 unspecified atom stereocenters. The van der Waals surface area contributed by atoms with E-state index in [1.165, 1.54) is 24.9 Å². The number of nitrogens with one attached hydrogen (secondary N) is 1. The van der Waals surface area contributed by atoms with E-state index in [2.05, 4.69) is 16.3 Å². The van der Waals surface area contributed by atoms with Gasteiger partial charge < -0.3 is 4.90 Å². The molecule has 2 aliphatic heterocycles. The van der Waals surface area contributed by atoms with Gasteiger partial charge in [0.25, 0.3) is 0 Å². The highest BCUT2D eigenvalue weighted by molar-refractivity contribution is 6.01. The molecular formula is C16H20N2O2. The summed E-state index contributed by atoms with van der Waals surface area (Å²) in [5.41, 5.74) is 2.24. The number of nitrogens with zero attached hydrogens (tertiary/aromatic N) is 1. The summed E-state index contributed by atoms with van der Waals surface area (Å²) in [5, 5.41) is 2.46. The number of para-hydroxylation sites is 1. The second-order valence-corrected chi connectivity index (χ2v) is 5.61. The van der Waals surface area contributed by atoms with Gasteiger partial charge in [0, 0.05) is 25.2 Å². The third kappa shape index (κ3) is 2.55. The monoisotopic (exact) mass is 272 g/mol. The van der Waals surface area contributed by atoms with Crippen LogP contribution in [0.4, 0.5) is 5.69 Å². The second kappa shape index (κ2) is 5.65. The van der Waals surface area contributed by atoms with E-state index >= 15 is 0 Å². The maximum absolute atomic E-state index is 12.1. The molecule has 1 atom stereocenters. The number of amides is 2. The molecule has 1 N–H and O–H groups in total. The first-order chi connectivity index (χ1) is 9.75. The summed E-state index contributed by atoms with van der Waals surface area (Å²) in [6.45, 7) is 2.12. The molecule has 3 rings (SSSR count). The van der Waals surface area contributed by atoms with Crippen molar-refractivity contribution in [1.82, 2.24) is 5.32 Å². The van der Waals surface area contributed by atoms with E-state index in [1.807, 2.05) is 18.2 Å². The lowest BCUT2D eigenvalue weighted by Crippen LogP contribution is -2.40. The molecule has 2 aliphatic rings. The quantitative estimate of drug-likeness (QED) is 0.840. The number of hydrogen-bond donors (Lipinski definition) is 1. The maximum atomic E-state index is 12.1. The molecule has 1 aromatic rings. The van der Waals surface area contributed by atoms with Crippen LogP contribution in [0.1, 0.15) is 43.6 Å². The molecule has 2 heterocycles. The van der Waals surface area contributed by atoms with Crippen LogP contribution < -0.4 is 10.2 Å². The SMILES string of the molecule is O=C1CCC(c2ccccc2N2CCCCC2)C(=O)N1. The third-order valence-corrected chi connectivity index (χ3v) is 4.25. The molecule has 4 nitrogen and oxygen atoms in total. The maximum Gasteiger partial charge on any atom is 0.234 e. The average molecular weight is 272 g/mol. The van der Waals surface area contributed by atoms with Crippen LogP contribution in [0, 0.1) is 0 Å². The first kappa shape index (κ1) is 13.2. The smallest absolute Gasteiger partial charge is 0.234 e. The fourth-order valence-electron chi connectivity index (χ4n) is 3.20. The lowest BCUT2D eigenvalue weighted by molar-refractivity contribution is -0.134. The van der Waals surface area contributed by atoms with Crippen molar-refractivity contribution in [2.75, 3.05) is 18.0 Å². The van der Waals surface area contributed by atoms with Crippen molar-refractivity contribution in [3.05, 3.63) is 29.8 Å². The van der Waals surface area contributed by atoms with Gasteiger partial charge in [0.05, 0.1) is 5.92 Å². The topological polar surface area (TPSA) is 49.4 Å². The zero-order valence-electron chi connectivity index (χ0n) is 11.6. The Morgan fingerprint density at radius 3 is 2.55 bits per heavy atom. The van der Waals surface area contributed by atoms with Crippen molar-refractivity contribution in [2.24, 2.45) is 0 Å². The summed E-state index contributed by atoms with van der Waals surface area (Å²) < 4.78 is 0. The summed E-state index contributed by atoms with van der Waals surface area (Å²) in [5.74, 6) is -0.488. The Morgan fingerprint density at radius 2 is 1.80 bits per heavy atom. The van der Waals surface area contributed by atoms with Gasteiger partial charge in [0.15, 0.2) is 0 Å². The summed E-state index contributed by atoms with van der Waals surface area (Å²) >= 11 is 0. The van der Waals surface area contributed by atoms with Gasteiger partial charge in [-0.15, -0.1) is 0 Å². The molecule has 2 amide bonds. The summed E-state index contributed by atoms with van der Waals surface area (Å²) in [7, 11) is 0. The predicted molar refractivity (Wildman–Crippen MR) is 77.6 cm³/mol. The van der Waals surface area contributed by atoms with Crippen LogP contribution in [0.2, 0.25) is 0 Å². The molecule has 4 heteroatoms. The fraction of sp³-hybridized carbons (Fsp3) is 0.500. The van der Waals surface area contributed by atoms with Crippen molar-refractivity contribution in [3.63, 3.8) is 0 Å². The molecule has 106 valence electrons. The van der Waals surface area contributed by atoms with Crippen LogP contribution in [0.15, 0.2) is 24.3 Å². The van der Waals surface area contributed by atoms with Crippen molar-refractivity contribution < 1.29 is 9.59 Å². The fourth-order valence-corrected chi connectivity index (χ4v) is 3.20. The minimum atomic E-state index is -0.189. The Hall–Kier alpha value is -1.84. The molecule has 2 saturated heterocycles. The number of piperidine rings is 2. The molecule has 2 fully saturated rings. The molecule has 0 spiro atoms. The number of carbonyl (C=O) groups is 2. The highest BCUT2D eigenvalue weighted by Crippen LogP contribution is 2.33. The van der Waals surface area contributed by atoms with Crippen LogP contribution in [0.3, 0.4) is 0 Å². The normalized spacial score (nSPS) is 23.6. The number of rotatable bonds is 2. The molecule has 0 radical (unpaired) electrons. The molecule has 1 aromatic carbocycles. The number of imide groups is 1. The lowest BCUT2D eigenvalue weighted by Gasteiger charge is -2.33. The van der Waals surface area contributed by atoms with Gasteiger partial charge in [-0.25, -0.2) is 0 Å². The van der Waals surface area contributed by atoms with Gasteiger partial charge in [-0.2, -0.15) is 0 Å². The van der Waals surface area contributed by atoms with Gasteiger partial charge >= 0.3 is 0 Å². The van der Waals surface area contributed by atoms with Gasteiger partial charge in [-0.05, 0) is 37.3 Å². The highest BCUT2D eigenvalue weighted by atomic mass is 16.2. The number of anilines is 1. The molecule has 0 aromatic heterocycles. The Morgan fingerprint density at radius 1 is 1.05 bits per heavy atom. The van der Waals surface area contributed by atoms with Crippen molar-refractivity contribution in [2.45, 2.75) is 38.0 Å². The Bertz CT molecular complexity index is 521. The van der Waals surface area contributed by atoms with Gasteiger partial charge in [0.1, 0.15) is 0 Å². The van der Waals surface area contributed by atoms with Crippen LogP contribution in [0.25, 0.3) is 0 Å². The highest BCUT2D eigenvalue weighted by Gasteiger charge is 2.30. The van der Waals surface area contributed by atoms with Crippen molar-refractivity contribution in [1.29, 1.82) is 0 Å². The van der Waals surface area contributed by atoms with E-state index in [0.29, 0.717) is 12.8 Å². The Balaban J connectivity index is 1.89.